The smallest absolute Gasteiger partial charge is 0.135 e. The number of aryl methyl sites for hydroxylation is 2. The fraction of sp³-hybridized carbons (Fsp3) is 0.611. The first-order chi connectivity index (χ1) is 18.7. The summed E-state index contributed by atoms with van der Waals surface area (Å²) in [6.45, 7) is 10.6. The van der Waals surface area contributed by atoms with Gasteiger partial charge in [-0.3, -0.25) is 0 Å². The van der Waals surface area contributed by atoms with Crippen molar-refractivity contribution in [2.24, 2.45) is 0 Å². The monoisotopic (exact) mass is 518 g/mol. The molecule has 2 heteroatoms. The zero-order valence-electron chi connectivity index (χ0n) is 25.0. The van der Waals surface area contributed by atoms with E-state index in [1.165, 1.54) is 110 Å². The molecular weight excluding hydrogens is 464 g/mol. The van der Waals surface area contributed by atoms with Gasteiger partial charge in [0.05, 0.1) is 13.2 Å². The Morgan fingerprint density at radius 3 is 1.21 bits per heavy atom. The molecule has 0 bridgehead atoms. The van der Waals surface area contributed by atoms with Crippen molar-refractivity contribution in [2.45, 2.75) is 130 Å². The summed E-state index contributed by atoms with van der Waals surface area (Å²) in [6.07, 6.45) is 19.5. The number of rotatable bonds is 20. The third-order valence-corrected chi connectivity index (χ3v) is 7.77. The van der Waals surface area contributed by atoms with Crippen LogP contribution in [-0.2, 0) is 12.8 Å². The van der Waals surface area contributed by atoms with Gasteiger partial charge in [0, 0.05) is 21.5 Å². The van der Waals surface area contributed by atoms with Crippen molar-refractivity contribution >= 4 is 21.5 Å². The van der Waals surface area contributed by atoms with Gasteiger partial charge < -0.3 is 9.47 Å². The van der Waals surface area contributed by atoms with E-state index in [0.717, 1.165) is 50.4 Å². The summed E-state index contributed by atoms with van der Waals surface area (Å²) in [6, 6.07) is 14.1. The summed E-state index contributed by atoms with van der Waals surface area (Å²) in [5.74, 6) is 2.12. The number of ether oxygens (including phenoxy) is 2. The highest BCUT2D eigenvalue weighted by molar-refractivity contribution is 6.11. The molecule has 38 heavy (non-hydrogen) atoms. The Hall–Kier alpha value is -2.22. The zero-order chi connectivity index (χ0) is 27.0. The molecule has 2 nitrogen and oxygen atoms in total. The molecule has 3 aromatic carbocycles. The standard InChI is InChI=1S/C36H54O2/c1-5-9-13-17-25-37-35-31-23-21-30(20-16-12-8-4)28-34(31)36(38-26-18-14-10-6-2)32-24-22-29(27-33(32)35)19-15-11-7-3/h21-24,27-28H,5-20,25-26H2,1-4H3. The average Bonchev–Trinajstić information content (AvgIpc) is 2.93. The molecule has 0 aromatic heterocycles. The Balaban J connectivity index is 2.06. The van der Waals surface area contributed by atoms with Crippen molar-refractivity contribution in [1.82, 2.24) is 0 Å². The molecule has 0 aliphatic rings. The number of fused-ring (bicyclic) bond motifs is 2. The lowest BCUT2D eigenvalue weighted by Crippen LogP contribution is -2.03. The molecular formula is C36H54O2. The van der Waals surface area contributed by atoms with Crippen molar-refractivity contribution in [3.63, 3.8) is 0 Å². The molecule has 0 aliphatic carbocycles. The summed E-state index contributed by atoms with van der Waals surface area (Å²) in [7, 11) is 0. The maximum atomic E-state index is 6.66. The molecule has 0 fully saturated rings. The average molecular weight is 519 g/mol. The summed E-state index contributed by atoms with van der Waals surface area (Å²) in [5.41, 5.74) is 2.82. The minimum Gasteiger partial charge on any atom is -0.492 e. The van der Waals surface area contributed by atoms with Crippen LogP contribution in [0.15, 0.2) is 36.4 Å². The third-order valence-electron chi connectivity index (χ3n) is 7.77. The van der Waals surface area contributed by atoms with Crippen LogP contribution in [0.1, 0.15) is 129 Å². The number of benzene rings is 3. The molecule has 0 N–H and O–H groups in total. The first-order valence-corrected chi connectivity index (χ1v) is 16.0. The molecule has 0 saturated carbocycles. The lowest BCUT2D eigenvalue weighted by molar-refractivity contribution is 0.307. The number of unbranched alkanes of at least 4 members (excludes halogenated alkanes) is 10. The molecule has 210 valence electrons. The first kappa shape index (κ1) is 30.3. The largest absolute Gasteiger partial charge is 0.492 e. The van der Waals surface area contributed by atoms with Crippen LogP contribution in [-0.4, -0.2) is 13.2 Å². The van der Waals surface area contributed by atoms with Crippen LogP contribution in [0.5, 0.6) is 11.5 Å². The van der Waals surface area contributed by atoms with E-state index >= 15 is 0 Å². The van der Waals surface area contributed by atoms with Crippen LogP contribution in [0.25, 0.3) is 21.5 Å². The van der Waals surface area contributed by atoms with Gasteiger partial charge in [0.15, 0.2) is 0 Å². The highest BCUT2D eigenvalue weighted by Crippen LogP contribution is 2.44. The molecule has 3 rings (SSSR count). The fourth-order valence-corrected chi connectivity index (χ4v) is 5.43. The third kappa shape index (κ3) is 8.92. The van der Waals surface area contributed by atoms with E-state index < -0.39 is 0 Å². The van der Waals surface area contributed by atoms with Gasteiger partial charge in [-0.1, -0.05) is 116 Å². The van der Waals surface area contributed by atoms with Gasteiger partial charge in [-0.2, -0.15) is 0 Å². The molecule has 3 aromatic rings. The van der Waals surface area contributed by atoms with Crippen molar-refractivity contribution in [1.29, 1.82) is 0 Å². The van der Waals surface area contributed by atoms with E-state index in [2.05, 4.69) is 64.1 Å². The predicted molar refractivity (Wildman–Crippen MR) is 167 cm³/mol. The highest BCUT2D eigenvalue weighted by atomic mass is 16.5. The summed E-state index contributed by atoms with van der Waals surface area (Å²) in [5, 5.41) is 4.87. The Kier molecular flexibility index (Phi) is 13.9. The molecule has 0 spiro atoms. The quantitative estimate of drug-likeness (QED) is 0.109. The summed E-state index contributed by atoms with van der Waals surface area (Å²) in [4.78, 5) is 0. The van der Waals surface area contributed by atoms with Crippen LogP contribution in [0.4, 0.5) is 0 Å². The Morgan fingerprint density at radius 2 is 0.816 bits per heavy atom. The Morgan fingerprint density at radius 1 is 0.421 bits per heavy atom. The van der Waals surface area contributed by atoms with E-state index in [4.69, 9.17) is 9.47 Å². The molecule has 0 atom stereocenters. The molecule has 0 saturated heterocycles. The fourth-order valence-electron chi connectivity index (χ4n) is 5.43. The lowest BCUT2D eigenvalue weighted by Gasteiger charge is -2.19. The minimum atomic E-state index is 0.778. The van der Waals surface area contributed by atoms with Crippen LogP contribution in [0, 0.1) is 0 Å². The van der Waals surface area contributed by atoms with Gasteiger partial charge in [-0.05, 0) is 61.8 Å². The molecule has 0 unspecified atom stereocenters. The van der Waals surface area contributed by atoms with Crippen LogP contribution < -0.4 is 9.47 Å². The second-order valence-electron chi connectivity index (χ2n) is 11.2. The minimum absolute atomic E-state index is 0.778. The van der Waals surface area contributed by atoms with Gasteiger partial charge in [0.25, 0.3) is 0 Å². The van der Waals surface area contributed by atoms with E-state index in [9.17, 15) is 0 Å². The van der Waals surface area contributed by atoms with Crippen molar-refractivity contribution in [3.05, 3.63) is 47.5 Å². The second-order valence-corrected chi connectivity index (χ2v) is 11.2. The van der Waals surface area contributed by atoms with Gasteiger partial charge in [-0.15, -0.1) is 0 Å². The van der Waals surface area contributed by atoms with Gasteiger partial charge in [0.2, 0.25) is 0 Å². The van der Waals surface area contributed by atoms with Crippen molar-refractivity contribution < 1.29 is 9.47 Å². The lowest BCUT2D eigenvalue weighted by atomic mass is 9.95. The van der Waals surface area contributed by atoms with Crippen LogP contribution in [0.3, 0.4) is 0 Å². The van der Waals surface area contributed by atoms with Crippen LogP contribution in [0.2, 0.25) is 0 Å². The normalized spacial score (nSPS) is 11.5. The zero-order valence-corrected chi connectivity index (χ0v) is 25.0. The van der Waals surface area contributed by atoms with Crippen molar-refractivity contribution in [2.75, 3.05) is 13.2 Å². The van der Waals surface area contributed by atoms with Crippen LogP contribution >= 0.6 is 0 Å². The summed E-state index contributed by atoms with van der Waals surface area (Å²) >= 11 is 0. The van der Waals surface area contributed by atoms with E-state index in [0.29, 0.717) is 0 Å². The van der Waals surface area contributed by atoms with E-state index in [1.807, 2.05) is 0 Å². The van der Waals surface area contributed by atoms with E-state index in [1.54, 1.807) is 0 Å². The SMILES string of the molecule is CCCCCCOc1c2ccc(CCCCC)cc2c(OCCCCCC)c2ccc(CCCCC)cc12. The molecule has 0 amide bonds. The molecule has 0 radical (unpaired) electrons. The maximum absolute atomic E-state index is 6.66. The van der Waals surface area contributed by atoms with Gasteiger partial charge in [-0.25, -0.2) is 0 Å². The topological polar surface area (TPSA) is 18.5 Å². The molecule has 0 heterocycles. The Bertz CT molecular complexity index is 996. The maximum Gasteiger partial charge on any atom is 0.135 e. The summed E-state index contributed by atoms with van der Waals surface area (Å²) < 4.78 is 13.3. The highest BCUT2D eigenvalue weighted by Gasteiger charge is 2.18. The predicted octanol–water partition coefficient (Wildman–Crippen LogP) is 11.4. The number of hydrogen-bond acceptors (Lipinski definition) is 2. The van der Waals surface area contributed by atoms with Gasteiger partial charge in [0.1, 0.15) is 11.5 Å². The second kappa shape index (κ2) is 17.4. The first-order valence-electron chi connectivity index (χ1n) is 16.0. The van der Waals surface area contributed by atoms with Gasteiger partial charge >= 0.3 is 0 Å². The number of hydrogen-bond donors (Lipinski definition) is 0. The van der Waals surface area contributed by atoms with Crippen molar-refractivity contribution in [3.8, 4) is 11.5 Å². The molecule has 0 aliphatic heterocycles. The Labute approximate surface area is 233 Å². The van der Waals surface area contributed by atoms with E-state index in [-0.39, 0.29) is 0 Å².